The highest BCUT2D eigenvalue weighted by atomic mass is 16.6. The first kappa shape index (κ1) is 30.1. The molecule has 3 aromatic rings. The molecule has 2 N–H and O–H groups in total. The quantitative estimate of drug-likeness (QED) is 0.334. The molecular weight excluding hydrogens is 440 g/mol. The van der Waals surface area contributed by atoms with Crippen LogP contribution in [-0.4, -0.2) is 47.3 Å². The summed E-state index contributed by atoms with van der Waals surface area (Å²) in [6.45, 7) is 4.57. The molecule has 0 aliphatic rings. The average molecular weight is 471 g/mol. The van der Waals surface area contributed by atoms with E-state index < -0.39 is 25.5 Å². The Morgan fingerprint density at radius 2 is 0.971 bits per heavy atom. The van der Waals surface area contributed by atoms with Crippen LogP contribution in [0.3, 0.4) is 0 Å². The van der Waals surface area contributed by atoms with Gasteiger partial charge in [-0.1, -0.05) is 60.7 Å². The normalized spacial score (nSPS) is 9.00. The van der Waals surface area contributed by atoms with Crippen LogP contribution in [-0.2, 0) is 19.1 Å². The Morgan fingerprint density at radius 3 is 1.24 bits per heavy atom. The van der Waals surface area contributed by atoms with Crippen LogP contribution < -0.4 is 0 Å². The van der Waals surface area contributed by atoms with Gasteiger partial charge in [0.25, 0.3) is 0 Å². The summed E-state index contributed by atoms with van der Waals surface area (Å²) in [5.74, 6) is -0.966. The molecule has 0 unspecified atom stereocenters. The third-order valence-electron chi connectivity index (χ3n) is 3.65. The molecule has 0 radical (unpaired) electrons. The van der Waals surface area contributed by atoms with Crippen LogP contribution in [0.4, 0.5) is 0 Å². The van der Waals surface area contributed by atoms with E-state index in [0.717, 1.165) is 0 Å². The molecule has 0 amide bonds. The standard InChI is InChI=1S/C10H10O4.C10H8.C3H6O3.C3H6O/c1-7(12)8-2-4-9(5-3-8)10(13)14-6-11;1-2-6-10-8-4-3-7-9(10)5-1;1-3(5)6-2-4;1-3(2)4/h2-5,11H,6H2,1H3;1-8H;4H,2H2,1H3;1-2H3. The lowest BCUT2D eigenvalue weighted by atomic mass is 10.1. The number of aliphatic hydroxyl groups is 2. The molecule has 0 aliphatic heterocycles. The third-order valence-corrected chi connectivity index (χ3v) is 3.65. The van der Waals surface area contributed by atoms with Crippen LogP contribution in [0.5, 0.6) is 0 Å². The molecule has 3 rings (SSSR count). The monoisotopic (exact) mass is 470 g/mol. The van der Waals surface area contributed by atoms with E-state index in [0.29, 0.717) is 11.1 Å². The number of fused-ring (bicyclic) bond motifs is 1. The van der Waals surface area contributed by atoms with E-state index in [1.54, 1.807) is 0 Å². The van der Waals surface area contributed by atoms with Gasteiger partial charge in [0.15, 0.2) is 19.4 Å². The van der Waals surface area contributed by atoms with Gasteiger partial charge in [-0.15, -0.1) is 0 Å². The summed E-state index contributed by atoms with van der Waals surface area (Å²) >= 11 is 0. The van der Waals surface area contributed by atoms with Crippen LogP contribution in [0, 0.1) is 0 Å². The van der Waals surface area contributed by atoms with Crippen molar-refractivity contribution in [1.82, 2.24) is 0 Å². The molecule has 0 saturated carbocycles. The SMILES string of the molecule is CC(=O)OCO.CC(=O)c1ccc(C(=O)OCO)cc1.CC(C)=O.c1ccc2ccccc2c1. The van der Waals surface area contributed by atoms with Gasteiger partial charge in [-0.3, -0.25) is 9.59 Å². The molecule has 0 atom stereocenters. The first-order valence-corrected chi connectivity index (χ1v) is 10.2. The largest absolute Gasteiger partial charge is 0.439 e. The number of esters is 2. The predicted octanol–water partition coefficient (Wildman–Crippen LogP) is 3.93. The summed E-state index contributed by atoms with van der Waals surface area (Å²) in [5, 5.41) is 18.8. The van der Waals surface area contributed by atoms with Crippen molar-refractivity contribution < 1.29 is 38.9 Å². The highest BCUT2D eigenvalue weighted by Gasteiger charge is 2.06. The van der Waals surface area contributed by atoms with Crippen molar-refractivity contribution >= 4 is 34.3 Å². The van der Waals surface area contributed by atoms with E-state index in [4.69, 9.17) is 10.2 Å². The molecule has 0 saturated heterocycles. The maximum absolute atomic E-state index is 11.1. The van der Waals surface area contributed by atoms with Crippen molar-refractivity contribution in [2.24, 2.45) is 0 Å². The summed E-state index contributed by atoms with van der Waals surface area (Å²) < 4.78 is 8.32. The van der Waals surface area contributed by atoms with Gasteiger partial charge in [0, 0.05) is 12.5 Å². The lowest BCUT2D eigenvalue weighted by Gasteiger charge is -2.01. The van der Waals surface area contributed by atoms with Gasteiger partial charge in [0.2, 0.25) is 0 Å². The van der Waals surface area contributed by atoms with E-state index in [2.05, 4.69) is 58.0 Å². The predicted molar refractivity (Wildman–Crippen MR) is 128 cm³/mol. The first-order valence-electron chi connectivity index (χ1n) is 10.2. The van der Waals surface area contributed by atoms with E-state index in [1.807, 2.05) is 0 Å². The Kier molecular flexibility index (Phi) is 15.6. The highest BCUT2D eigenvalue weighted by molar-refractivity contribution is 5.96. The number of benzene rings is 3. The lowest BCUT2D eigenvalue weighted by Crippen LogP contribution is -2.06. The Labute approximate surface area is 198 Å². The minimum Gasteiger partial charge on any atom is -0.439 e. The Hall–Kier alpha value is -3.88. The molecule has 0 spiro atoms. The summed E-state index contributed by atoms with van der Waals surface area (Å²) in [5.41, 5.74) is 0.842. The van der Waals surface area contributed by atoms with Crippen LogP contribution in [0.2, 0.25) is 0 Å². The third kappa shape index (κ3) is 14.2. The minimum atomic E-state index is -0.646. The number of carbonyl (C=O) groups is 4. The molecule has 0 aliphatic carbocycles. The van der Waals surface area contributed by atoms with E-state index >= 15 is 0 Å². The molecule has 8 heteroatoms. The van der Waals surface area contributed by atoms with Crippen molar-refractivity contribution in [1.29, 1.82) is 0 Å². The topological polar surface area (TPSA) is 127 Å². The number of hydrogen-bond donors (Lipinski definition) is 2. The van der Waals surface area contributed by atoms with Crippen LogP contribution in [0.25, 0.3) is 10.8 Å². The second-order valence-electron chi connectivity index (χ2n) is 6.71. The molecule has 8 nitrogen and oxygen atoms in total. The molecule has 0 aromatic heterocycles. The summed E-state index contributed by atoms with van der Waals surface area (Å²) in [4.78, 5) is 41.1. The van der Waals surface area contributed by atoms with Gasteiger partial charge >= 0.3 is 11.9 Å². The van der Waals surface area contributed by atoms with Crippen molar-refractivity contribution in [3.63, 3.8) is 0 Å². The van der Waals surface area contributed by atoms with Crippen LogP contribution in [0.1, 0.15) is 48.4 Å². The lowest BCUT2D eigenvalue weighted by molar-refractivity contribution is -0.148. The summed E-state index contributed by atoms with van der Waals surface area (Å²) in [6, 6.07) is 22.8. The zero-order chi connectivity index (χ0) is 25.9. The molecule has 0 fully saturated rings. The van der Waals surface area contributed by atoms with Gasteiger partial charge in [0.1, 0.15) is 5.78 Å². The summed E-state index contributed by atoms with van der Waals surface area (Å²) in [7, 11) is 0. The number of Topliss-reactive ketones (excluding diaryl/α,β-unsaturated/α-hetero) is 2. The fraction of sp³-hybridized carbons (Fsp3) is 0.231. The van der Waals surface area contributed by atoms with Crippen molar-refractivity contribution in [2.45, 2.75) is 27.7 Å². The zero-order valence-electron chi connectivity index (χ0n) is 19.7. The van der Waals surface area contributed by atoms with E-state index in [1.165, 1.54) is 62.7 Å². The van der Waals surface area contributed by atoms with Crippen molar-refractivity contribution in [3.8, 4) is 0 Å². The van der Waals surface area contributed by atoms with Gasteiger partial charge in [-0.25, -0.2) is 4.79 Å². The van der Waals surface area contributed by atoms with Gasteiger partial charge < -0.3 is 24.5 Å². The fourth-order valence-corrected chi connectivity index (χ4v) is 2.21. The number of aliphatic hydroxyl groups excluding tert-OH is 2. The van der Waals surface area contributed by atoms with E-state index in [-0.39, 0.29) is 11.6 Å². The molecule has 0 bridgehead atoms. The number of ketones is 2. The number of rotatable bonds is 4. The zero-order valence-corrected chi connectivity index (χ0v) is 19.7. The molecular formula is C26H30O8. The molecule has 3 aromatic carbocycles. The molecule has 34 heavy (non-hydrogen) atoms. The molecule has 0 heterocycles. The number of carbonyl (C=O) groups excluding carboxylic acids is 4. The minimum absolute atomic E-state index is 0.0629. The average Bonchev–Trinajstić information content (AvgIpc) is 2.80. The Morgan fingerprint density at radius 1 is 0.618 bits per heavy atom. The van der Waals surface area contributed by atoms with Gasteiger partial charge in [-0.2, -0.15) is 0 Å². The Balaban J connectivity index is 0.000000474. The summed E-state index contributed by atoms with van der Waals surface area (Å²) in [6.07, 6.45) is 0. The van der Waals surface area contributed by atoms with Crippen LogP contribution in [0.15, 0.2) is 72.8 Å². The Bertz CT molecular complexity index is 973. The number of ether oxygens (including phenoxy) is 2. The fourth-order valence-electron chi connectivity index (χ4n) is 2.21. The first-order chi connectivity index (χ1) is 16.1. The second-order valence-corrected chi connectivity index (χ2v) is 6.71. The van der Waals surface area contributed by atoms with Crippen molar-refractivity contribution in [2.75, 3.05) is 13.6 Å². The number of hydrogen-bond acceptors (Lipinski definition) is 8. The van der Waals surface area contributed by atoms with E-state index in [9.17, 15) is 19.2 Å². The smallest absolute Gasteiger partial charge is 0.340 e. The maximum Gasteiger partial charge on any atom is 0.340 e. The second kappa shape index (κ2) is 17.6. The highest BCUT2D eigenvalue weighted by Crippen LogP contribution is 2.11. The molecule has 182 valence electrons. The maximum atomic E-state index is 11.1. The van der Waals surface area contributed by atoms with Crippen LogP contribution >= 0.6 is 0 Å². The van der Waals surface area contributed by atoms with Gasteiger partial charge in [0.05, 0.1) is 5.56 Å². The van der Waals surface area contributed by atoms with Crippen molar-refractivity contribution in [3.05, 3.63) is 83.9 Å². The van der Waals surface area contributed by atoms with Gasteiger partial charge in [-0.05, 0) is 43.7 Å².